The molecule has 10 heteroatoms. The van der Waals surface area contributed by atoms with Gasteiger partial charge in [-0.15, -0.1) is 0 Å². The molecule has 0 aliphatic carbocycles. The highest BCUT2D eigenvalue weighted by Crippen LogP contribution is 2.32. The summed E-state index contributed by atoms with van der Waals surface area (Å²) in [5.41, 5.74) is 2.61. The molecule has 33 heavy (non-hydrogen) atoms. The first-order chi connectivity index (χ1) is 15.9. The molecule has 2 aromatic carbocycles. The zero-order chi connectivity index (χ0) is 23.0. The van der Waals surface area contributed by atoms with Crippen LogP contribution >= 0.6 is 0 Å². The normalized spacial score (nSPS) is 19.9. The summed E-state index contributed by atoms with van der Waals surface area (Å²) in [5, 5.41) is 6.56. The third-order valence-corrected chi connectivity index (χ3v) is 7.99. The summed E-state index contributed by atoms with van der Waals surface area (Å²) >= 11 is 0. The van der Waals surface area contributed by atoms with E-state index in [1.165, 1.54) is 10.5 Å². The van der Waals surface area contributed by atoms with E-state index >= 15 is 0 Å². The molecular weight excluding hydrogens is 444 g/mol. The van der Waals surface area contributed by atoms with Gasteiger partial charge < -0.3 is 14.6 Å². The quantitative estimate of drug-likeness (QED) is 0.629. The molecule has 5 rings (SSSR count). The van der Waals surface area contributed by atoms with Crippen molar-refractivity contribution in [3.63, 3.8) is 0 Å². The molecule has 0 bridgehead atoms. The number of carbonyl (C=O) groups excluding carboxylic acids is 1. The van der Waals surface area contributed by atoms with E-state index in [1.807, 2.05) is 53.4 Å². The van der Waals surface area contributed by atoms with Crippen molar-refractivity contribution in [2.75, 3.05) is 38.1 Å². The van der Waals surface area contributed by atoms with Crippen LogP contribution in [0, 0.1) is 6.92 Å². The molecule has 2 aliphatic rings. The number of piperazine rings is 1. The number of hydrogen-bond acceptors (Lipinski definition) is 7. The molecule has 0 saturated carbocycles. The van der Waals surface area contributed by atoms with Gasteiger partial charge in [0.1, 0.15) is 17.3 Å². The molecule has 1 amide bonds. The molecule has 172 valence electrons. The molecular formula is C23H24N4O5S. The van der Waals surface area contributed by atoms with E-state index in [-0.39, 0.29) is 48.8 Å². The molecule has 2 aliphatic heterocycles. The average molecular weight is 469 g/mol. The first-order valence-electron chi connectivity index (χ1n) is 10.7. The Labute approximate surface area is 192 Å². The third kappa shape index (κ3) is 4.24. The van der Waals surface area contributed by atoms with Gasteiger partial charge in [-0.25, -0.2) is 8.42 Å². The Hall–Kier alpha value is -3.21. The summed E-state index contributed by atoms with van der Waals surface area (Å²) in [4.78, 5) is 14.8. The lowest BCUT2D eigenvalue weighted by Crippen LogP contribution is -2.57. The third-order valence-electron chi connectivity index (χ3n) is 6.03. The molecule has 1 aromatic heterocycles. The fourth-order valence-electron chi connectivity index (χ4n) is 4.25. The number of nitrogens with zero attached hydrogens (tertiary/aromatic N) is 3. The average Bonchev–Trinajstić information content (AvgIpc) is 3.27. The van der Waals surface area contributed by atoms with Crippen LogP contribution in [0.3, 0.4) is 0 Å². The highest BCUT2D eigenvalue weighted by molar-refractivity contribution is 7.89. The minimum absolute atomic E-state index is 0.0662. The van der Waals surface area contributed by atoms with Crippen LogP contribution in [0.1, 0.15) is 5.76 Å². The molecule has 0 spiro atoms. The van der Waals surface area contributed by atoms with E-state index in [1.54, 1.807) is 6.92 Å². The van der Waals surface area contributed by atoms with Crippen molar-refractivity contribution < 1.29 is 22.5 Å². The van der Waals surface area contributed by atoms with Gasteiger partial charge in [0, 0.05) is 19.6 Å². The van der Waals surface area contributed by atoms with Crippen LogP contribution in [-0.2, 0) is 14.8 Å². The van der Waals surface area contributed by atoms with E-state index in [9.17, 15) is 13.2 Å². The van der Waals surface area contributed by atoms with E-state index in [2.05, 4.69) is 10.5 Å². The van der Waals surface area contributed by atoms with Crippen LogP contribution in [0.4, 0.5) is 5.69 Å². The van der Waals surface area contributed by atoms with Crippen molar-refractivity contribution in [1.29, 1.82) is 0 Å². The number of benzene rings is 2. The fourth-order valence-corrected chi connectivity index (χ4v) is 5.79. The summed E-state index contributed by atoms with van der Waals surface area (Å²) in [6.07, 6.45) is 1.23. The summed E-state index contributed by atoms with van der Waals surface area (Å²) in [6.45, 7) is 2.87. The Morgan fingerprint density at radius 1 is 1.09 bits per heavy atom. The van der Waals surface area contributed by atoms with Gasteiger partial charge in [0.15, 0.2) is 5.76 Å². The summed E-state index contributed by atoms with van der Waals surface area (Å²) in [7, 11) is -3.75. The van der Waals surface area contributed by atoms with Crippen molar-refractivity contribution in [1.82, 2.24) is 14.4 Å². The molecule has 3 aromatic rings. The maximum Gasteiger partial charge on any atom is 0.248 e. The Kier molecular flexibility index (Phi) is 5.65. The number of aromatic nitrogens is 1. The van der Waals surface area contributed by atoms with Gasteiger partial charge in [0.2, 0.25) is 15.9 Å². The molecule has 1 saturated heterocycles. The maximum absolute atomic E-state index is 13.1. The summed E-state index contributed by atoms with van der Waals surface area (Å²) < 4.78 is 38.6. The van der Waals surface area contributed by atoms with E-state index in [0.29, 0.717) is 18.0 Å². The van der Waals surface area contributed by atoms with Crippen LogP contribution < -0.4 is 10.1 Å². The second-order valence-corrected chi connectivity index (χ2v) is 10.1. The zero-order valence-electron chi connectivity index (χ0n) is 18.1. The van der Waals surface area contributed by atoms with Crippen LogP contribution in [-0.4, -0.2) is 67.5 Å². The molecule has 1 fully saturated rings. The molecule has 1 atom stereocenters. The zero-order valence-corrected chi connectivity index (χ0v) is 18.9. The lowest BCUT2D eigenvalue weighted by atomic mass is 10.0. The Balaban J connectivity index is 1.39. The molecule has 1 N–H and O–H groups in total. The maximum atomic E-state index is 13.1. The number of ether oxygens (including phenoxy) is 1. The first kappa shape index (κ1) is 21.6. The second-order valence-electron chi connectivity index (χ2n) is 8.17. The van der Waals surface area contributed by atoms with E-state index in [4.69, 9.17) is 9.26 Å². The van der Waals surface area contributed by atoms with Crippen LogP contribution in [0.2, 0.25) is 0 Å². The van der Waals surface area contributed by atoms with Gasteiger partial charge in [-0.1, -0.05) is 41.6 Å². The minimum atomic E-state index is -3.75. The topological polar surface area (TPSA) is 105 Å². The highest BCUT2D eigenvalue weighted by Gasteiger charge is 2.37. The van der Waals surface area contributed by atoms with Crippen molar-refractivity contribution >= 4 is 21.6 Å². The fraction of sp³-hybridized carbons (Fsp3) is 0.304. The number of anilines is 1. The largest absolute Gasteiger partial charge is 0.490 e. The van der Waals surface area contributed by atoms with Crippen molar-refractivity contribution in [3.05, 3.63) is 60.5 Å². The lowest BCUT2D eigenvalue weighted by molar-refractivity contribution is -0.118. The van der Waals surface area contributed by atoms with Gasteiger partial charge in [-0.05, 0) is 30.2 Å². The van der Waals surface area contributed by atoms with Gasteiger partial charge in [0.25, 0.3) is 0 Å². The number of nitrogens with one attached hydrogen (secondary N) is 1. The van der Waals surface area contributed by atoms with Crippen molar-refractivity contribution in [3.8, 4) is 16.9 Å². The Bertz CT molecular complexity index is 1280. The Morgan fingerprint density at radius 3 is 2.67 bits per heavy atom. The molecule has 0 radical (unpaired) electrons. The molecule has 3 heterocycles. The van der Waals surface area contributed by atoms with Crippen LogP contribution in [0.25, 0.3) is 11.1 Å². The standard InChI is InChI=1S/C23H24N4O5S/c1-16-22(12-24-32-16)33(29,30)27-10-9-26-14-23(28)25-20-11-18(17-5-3-2-4-6-17)7-8-21(20)31-15-19(26)13-27/h2-8,11-12,19H,9-10,13-15H2,1H3,(H,25,28)/t19-/m0/s1. The number of hydrogen-bond donors (Lipinski definition) is 1. The molecule has 0 unspecified atom stereocenters. The van der Waals surface area contributed by atoms with E-state index in [0.717, 1.165) is 11.1 Å². The number of carbonyl (C=O) groups is 1. The van der Waals surface area contributed by atoms with Gasteiger partial charge in [0.05, 0.1) is 24.5 Å². The SMILES string of the molecule is Cc1oncc1S(=O)(=O)N1CCN2CC(=O)Nc3cc(-c4ccccc4)ccc3OC[C@@H]2C1. The second kappa shape index (κ2) is 8.62. The lowest BCUT2D eigenvalue weighted by Gasteiger charge is -2.39. The molecule has 9 nitrogen and oxygen atoms in total. The first-order valence-corrected chi connectivity index (χ1v) is 12.1. The number of fused-ring (bicyclic) bond motifs is 2. The summed E-state index contributed by atoms with van der Waals surface area (Å²) in [5.74, 6) is 0.647. The minimum Gasteiger partial charge on any atom is -0.490 e. The van der Waals surface area contributed by atoms with Crippen LogP contribution in [0.15, 0.2) is 64.1 Å². The van der Waals surface area contributed by atoms with Crippen LogP contribution in [0.5, 0.6) is 5.75 Å². The van der Waals surface area contributed by atoms with Crippen molar-refractivity contribution in [2.24, 2.45) is 0 Å². The highest BCUT2D eigenvalue weighted by atomic mass is 32.2. The van der Waals surface area contributed by atoms with Gasteiger partial charge >= 0.3 is 0 Å². The number of amides is 1. The smallest absolute Gasteiger partial charge is 0.248 e. The predicted octanol–water partition coefficient (Wildman–Crippen LogP) is 2.36. The monoisotopic (exact) mass is 468 g/mol. The van der Waals surface area contributed by atoms with Gasteiger partial charge in [-0.3, -0.25) is 9.69 Å². The number of aryl methyl sites for hydroxylation is 1. The predicted molar refractivity (Wildman–Crippen MR) is 121 cm³/mol. The number of rotatable bonds is 3. The van der Waals surface area contributed by atoms with Gasteiger partial charge in [-0.2, -0.15) is 4.31 Å². The summed E-state index contributed by atoms with van der Waals surface area (Å²) in [6, 6.07) is 15.3. The van der Waals surface area contributed by atoms with E-state index < -0.39 is 10.0 Å². The van der Waals surface area contributed by atoms with Crippen molar-refractivity contribution in [2.45, 2.75) is 17.9 Å². The Morgan fingerprint density at radius 2 is 1.91 bits per heavy atom. The number of sulfonamides is 1.